The number of nitrogens with one attached hydrogen (secondary N) is 3. The van der Waals surface area contributed by atoms with Gasteiger partial charge in [0.1, 0.15) is 18.2 Å². The third kappa shape index (κ3) is 5.52. The van der Waals surface area contributed by atoms with Crippen molar-refractivity contribution in [3.05, 3.63) is 65.7 Å². The molecule has 0 spiro atoms. The average Bonchev–Trinajstić information content (AvgIpc) is 3.54. The minimum Gasteiger partial charge on any atom is -0.460 e. The van der Waals surface area contributed by atoms with Gasteiger partial charge in [-0.1, -0.05) is 61.0 Å². The van der Waals surface area contributed by atoms with Crippen molar-refractivity contribution in [2.24, 2.45) is 0 Å². The highest BCUT2D eigenvalue weighted by atomic mass is 32.2. The molecule has 0 aromatic heterocycles. The van der Waals surface area contributed by atoms with E-state index in [1.807, 2.05) is 42.1 Å². The van der Waals surface area contributed by atoms with Crippen LogP contribution in [0, 0.1) is 11.3 Å². The number of hydrogen-bond acceptors (Lipinski definition) is 6. The van der Waals surface area contributed by atoms with Crippen molar-refractivity contribution >= 4 is 68.1 Å². The van der Waals surface area contributed by atoms with Crippen LogP contribution in [0.5, 0.6) is 0 Å². The van der Waals surface area contributed by atoms with E-state index in [2.05, 4.69) is 46.3 Å². The first-order valence-corrected chi connectivity index (χ1v) is 15.0. The van der Waals surface area contributed by atoms with Crippen molar-refractivity contribution in [2.75, 3.05) is 18.9 Å². The monoisotopic (exact) mass is 566 g/mol. The van der Waals surface area contributed by atoms with E-state index in [0.29, 0.717) is 11.7 Å². The molecule has 2 aliphatic rings. The number of hydrogen-bond donors (Lipinski definition) is 3. The molecule has 3 atom stereocenters. The Morgan fingerprint density at radius 1 is 1.02 bits per heavy atom. The number of esters is 1. The van der Waals surface area contributed by atoms with Crippen LogP contribution in [-0.4, -0.2) is 54.1 Å². The third-order valence-corrected chi connectivity index (χ3v) is 9.45. The summed E-state index contributed by atoms with van der Waals surface area (Å²) in [5.41, 5.74) is 0.683. The number of benzene rings is 4. The molecule has 2 aliphatic heterocycles. The van der Waals surface area contributed by atoms with Gasteiger partial charge < -0.3 is 20.7 Å². The summed E-state index contributed by atoms with van der Waals surface area (Å²) in [5, 5.41) is 25.4. The van der Waals surface area contributed by atoms with Gasteiger partial charge >= 0.3 is 12.0 Å². The van der Waals surface area contributed by atoms with Crippen LogP contribution in [0.3, 0.4) is 0 Å². The minimum absolute atomic E-state index is 0.0173. The molecule has 2 fully saturated rings. The Bertz CT molecular complexity index is 1700. The number of thioether (sulfide) groups is 1. The molecule has 8 nitrogen and oxygen atoms in total. The lowest BCUT2D eigenvalue weighted by molar-refractivity contribution is -0.138. The lowest BCUT2D eigenvalue weighted by atomic mass is 9.91. The second-order valence-electron chi connectivity index (χ2n) is 10.5. The quantitative estimate of drug-likeness (QED) is 0.0629. The maximum absolute atomic E-state index is 12.7. The predicted molar refractivity (Wildman–Crippen MR) is 162 cm³/mol. The largest absolute Gasteiger partial charge is 0.460 e. The molecule has 2 saturated heterocycles. The van der Waals surface area contributed by atoms with Gasteiger partial charge in [-0.25, -0.2) is 9.59 Å². The normalized spacial score (nSPS) is 20.1. The van der Waals surface area contributed by atoms with E-state index in [4.69, 9.17) is 4.74 Å². The molecule has 4 aromatic rings. The Morgan fingerprint density at radius 2 is 1.78 bits per heavy atom. The van der Waals surface area contributed by atoms with Crippen molar-refractivity contribution in [2.45, 2.75) is 43.0 Å². The molecule has 0 radical (unpaired) electrons. The zero-order valence-corrected chi connectivity index (χ0v) is 23.3. The molecule has 9 heteroatoms. The number of ether oxygens (including phenoxy) is 1. The summed E-state index contributed by atoms with van der Waals surface area (Å²) >= 11 is 1.87. The Morgan fingerprint density at radius 3 is 2.59 bits per heavy atom. The van der Waals surface area contributed by atoms with Crippen molar-refractivity contribution < 1.29 is 19.1 Å². The number of rotatable bonds is 10. The summed E-state index contributed by atoms with van der Waals surface area (Å²) in [6.07, 6.45) is 4.57. The minimum atomic E-state index is -0.715. The highest BCUT2D eigenvalue weighted by molar-refractivity contribution is 8.00. The summed E-state index contributed by atoms with van der Waals surface area (Å²) < 4.78 is 5.30. The van der Waals surface area contributed by atoms with Gasteiger partial charge in [0.2, 0.25) is 5.91 Å². The molecule has 3 N–H and O–H groups in total. The summed E-state index contributed by atoms with van der Waals surface area (Å²) in [7, 11) is 0. The first kappa shape index (κ1) is 26.9. The number of nitriles is 1. The summed E-state index contributed by atoms with van der Waals surface area (Å²) in [4.78, 5) is 36.4. The van der Waals surface area contributed by atoms with Crippen LogP contribution in [0.25, 0.3) is 38.4 Å². The van der Waals surface area contributed by atoms with E-state index in [0.717, 1.165) is 57.5 Å². The lowest BCUT2D eigenvalue weighted by Gasteiger charge is -2.16. The molecule has 3 unspecified atom stereocenters. The van der Waals surface area contributed by atoms with Gasteiger partial charge in [0.05, 0.1) is 18.6 Å². The van der Waals surface area contributed by atoms with Gasteiger partial charge in [-0.15, -0.1) is 0 Å². The van der Waals surface area contributed by atoms with E-state index in [1.165, 1.54) is 5.39 Å². The van der Waals surface area contributed by atoms with Gasteiger partial charge in [0.15, 0.2) is 0 Å². The van der Waals surface area contributed by atoms with E-state index in [9.17, 15) is 19.6 Å². The van der Waals surface area contributed by atoms with Gasteiger partial charge in [0.25, 0.3) is 0 Å². The van der Waals surface area contributed by atoms with Gasteiger partial charge in [-0.2, -0.15) is 17.0 Å². The molecule has 0 saturated carbocycles. The molecule has 2 heterocycles. The van der Waals surface area contributed by atoms with E-state index < -0.39 is 5.97 Å². The molecule has 3 amide bonds. The van der Waals surface area contributed by atoms with Gasteiger partial charge in [-0.3, -0.25) is 4.79 Å². The number of urea groups is 1. The number of amides is 3. The van der Waals surface area contributed by atoms with Crippen molar-refractivity contribution in [1.29, 1.82) is 5.26 Å². The van der Waals surface area contributed by atoms with Crippen LogP contribution in [0.2, 0.25) is 0 Å². The fourth-order valence-corrected chi connectivity index (χ4v) is 7.49. The number of nitrogens with zero attached hydrogens (tertiary/aromatic N) is 1. The number of carbonyl (C=O) groups excluding carboxylic acids is 3. The molecular weight excluding hydrogens is 536 g/mol. The maximum atomic E-state index is 12.7. The molecule has 4 aromatic carbocycles. The molecule has 0 aliphatic carbocycles. The van der Waals surface area contributed by atoms with Crippen LogP contribution >= 0.6 is 11.8 Å². The van der Waals surface area contributed by atoms with Crippen LogP contribution in [0.15, 0.2) is 60.2 Å². The number of carbonyl (C=O) groups is 3. The van der Waals surface area contributed by atoms with Crippen LogP contribution in [0.1, 0.15) is 31.2 Å². The molecule has 208 valence electrons. The average molecular weight is 567 g/mol. The summed E-state index contributed by atoms with van der Waals surface area (Å²) in [5.74, 6) is 0.112. The third-order valence-electron chi connectivity index (χ3n) is 7.94. The fourth-order valence-electron chi connectivity index (χ4n) is 5.95. The van der Waals surface area contributed by atoms with Crippen molar-refractivity contribution in [3.8, 4) is 6.07 Å². The Hall–Kier alpha value is -4.29. The molecule has 41 heavy (non-hydrogen) atoms. The zero-order valence-electron chi connectivity index (χ0n) is 22.4. The zero-order chi connectivity index (χ0) is 28.3. The van der Waals surface area contributed by atoms with E-state index in [1.54, 1.807) is 6.08 Å². The van der Waals surface area contributed by atoms with Crippen LogP contribution < -0.4 is 16.0 Å². The first-order valence-electron chi connectivity index (χ1n) is 13.9. The standard InChI is InChI=1S/C32H30N4O4S/c33-17-23(16-22-11-10-21-9-8-19-4-3-5-20-12-13-24(22)29(21)28(19)20)31(38)40-15-14-34-27(37)7-2-1-6-26-30-25(18-41-26)35-32(39)36-30/h3-5,8-13,16,25-26,30H,1-2,6-7,14-15,18H2,(H,34,37)(H2,35,36,39). The van der Waals surface area contributed by atoms with E-state index in [-0.39, 0.29) is 42.7 Å². The number of unbranched alkanes of at least 4 members (excludes halogenated alkanes) is 1. The Balaban J connectivity index is 0.989. The first-order chi connectivity index (χ1) is 20.0. The van der Waals surface area contributed by atoms with Gasteiger partial charge in [0, 0.05) is 17.4 Å². The fraction of sp³-hybridized carbons (Fsp3) is 0.312. The molecule has 6 rings (SSSR count). The Kier molecular flexibility index (Phi) is 7.66. The van der Waals surface area contributed by atoms with Crippen molar-refractivity contribution in [3.63, 3.8) is 0 Å². The second kappa shape index (κ2) is 11.7. The SMILES string of the molecule is N#CC(=Cc1ccc2ccc3cccc4ccc1c2c34)C(=O)OCCNC(=O)CCCCC1SCC2NC(=O)NC21. The number of fused-ring (bicyclic) bond motifs is 1. The van der Waals surface area contributed by atoms with Crippen molar-refractivity contribution in [1.82, 2.24) is 16.0 Å². The highest BCUT2D eigenvalue weighted by Gasteiger charge is 2.42. The van der Waals surface area contributed by atoms with Crippen LogP contribution in [-0.2, 0) is 14.3 Å². The topological polar surface area (TPSA) is 120 Å². The molecule has 0 bridgehead atoms. The summed E-state index contributed by atoms with van der Waals surface area (Å²) in [6, 6.07) is 20.7. The smallest absolute Gasteiger partial charge is 0.348 e. The van der Waals surface area contributed by atoms with Gasteiger partial charge in [-0.05, 0) is 56.8 Å². The lowest BCUT2D eigenvalue weighted by Crippen LogP contribution is -2.36. The summed E-state index contributed by atoms with van der Waals surface area (Å²) in [6.45, 7) is 0.165. The highest BCUT2D eigenvalue weighted by Crippen LogP contribution is 2.36. The Labute approximate surface area is 241 Å². The maximum Gasteiger partial charge on any atom is 0.348 e. The van der Waals surface area contributed by atoms with Crippen LogP contribution in [0.4, 0.5) is 4.79 Å². The molecular formula is C32H30N4O4S. The van der Waals surface area contributed by atoms with E-state index >= 15 is 0 Å². The predicted octanol–water partition coefficient (Wildman–Crippen LogP) is 4.88. The second-order valence-corrected chi connectivity index (χ2v) is 11.8.